The molecule has 1 N–H and O–H groups in total. The van der Waals surface area contributed by atoms with Crippen LogP contribution < -0.4 is 11.0 Å². The van der Waals surface area contributed by atoms with Crippen LogP contribution in [0.5, 0.6) is 0 Å². The molecule has 2 aromatic heterocycles. The highest BCUT2D eigenvalue weighted by atomic mass is 16.2. The summed E-state index contributed by atoms with van der Waals surface area (Å²) in [6, 6.07) is 6.00. The quantitative estimate of drug-likeness (QED) is 0.789. The van der Waals surface area contributed by atoms with Gasteiger partial charge in [-0.3, -0.25) is 4.79 Å². The lowest BCUT2D eigenvalue weighted by Crippen LogP contribution is -2.40. The molecular formula is C18H21N5O2. The molecule has 1 fully saturated rings. The van der Waals surface area contributed by atoms with Crippen molar-refractivity contribution in [1.29, 1.82) is 0 Å². The number of rotatable bonds is 3. The van der Waals surface area contributed by atoms with Crippen LogP contribution in [-0.2, 0) is 11.3 Å². The fraction of sp³-hybridized carbons (Fsp3) is 0.444. The minimum absolute atomic E-state index is 0.0652. The Morgan fingerprint density at radius 3 is 2.88 bits per heavy atom. The summed E-state index contributed by atoms with van der Waals surface area (Å²) in [6.45, 7) is 1.91. The highest BCUT2D eigenvalue weighted by Crippen LogP contribution is 2.19. The van der Waals surface area contributed by atoms with Gasteiger partial charge in [-0.05, 0) is 31.4 Å². The first-order valence-corrected chi connectivity index (χ1v) is 8.76. The van der Waals surface area contributed by atoms with Crippen LogP contribution in [0.4, 0.5) is 0 Å². The summed E-state index contributed by atoms with van der Waals surface area (Å²) >= 11 is 0. The standard InChI is InChI=1S/C18H21N5O2/c1-12-6-5-9-14-16(12)19-11-22-17(14)21-23(18(22)25)10-15(24)20-13-7-3-2-4-8-13/h5-6,9,11,13H,2-4,7-8,10H2,1H3,(H,20,24). The third-order valence-corrected chi connectivity index (χ3v) is 4.92. The smallest absolute Gasteiger partial charge is 0.352 e. The Hall–Kier alpha value is -2.70. The number of amides is 1. The van der Waals surface area contributed by atoms with Crippen molar-refractivity contribution in [2.45, 2.75) is 51.6 Å². The van der Waals surface area contributed by atoms with E-state index < -0.39 is 0 Å². The van der Waals surface area contributed by atoms with E-state index >= 15 is 0 Å². The number of benzene rings is 1. The molecule has 1 saturated carbocycles. The number of para-hydroxylation sites is 1. The van der Waals surface area contributed by atoms with E-state index in [9.17, 15) is 9.59 Å². The third-order valence-electron chi connectivity index (χ3n) is 4.92. The van der Waals surface area contributed by atoms with E-state index in [0.717, 1.165) is 42.1 Å². The van der Waals surface area contributed by atoms with Gasteiger partial charge in [-0.1, -0.05) is 31.4 Å². The van der Waals surface area contributed by atoms with Gasteiger partial charge in [-0.15, -0.1) is 5.10 Å². The molecule has 0 bridgehead atoms. The SMILES string of the molecule is Cc1cccc2c1ncn1c(=O)n(CC(=O)NC3CCCCC3)nc21. The Morgan fingerprint density at radius 2 is 2.08 bits per heavy atom. The molecule has 0 aliphatic heterocycles. The zero-order valence-electron chi connectivity index (χ0n) is 14.2. The van der Waals surface area contributed by atoms with Gasteiger partial charge in [0.05, 0.1) is 5.52 Å². The van der Waals surface area contributed by atoms with Crippen molar-refractivity contribution in [3.05, 3.63) is 40.6 Å². The first-order chi connectivity index (χ1) is 12.1. The molecule has 7 heteroatoms. The van der Waals surface area contributed by atoms with E-state index in [4.69, 9.17) is 0 Å². The van der Waals surface area contributed by atoms with Crippen molar-refractivity contribution in [3.8, 4) is 0 Å². The minimum atomic E-state index is -0.343. The summed E-state index contributed by atoms with van der Waals surface area (Å²) in [5, 5.41) is 8.21. The predicted octanol–water partition coefficient (Wildman–Crippen LogP) is 1.80. The van der Waals surface area contributed by atoms with Crippen LogP contribution in [0.1, 0.15) is 37.7 Å². The predicted molar refractivity (Wildman–Crippen MR) is 94.5 cm³/mol. The van der Waals surface area contributed by atoms with Gasteiger partial charge in [0, 0.05) is 11.4 Å². The van der Waals surface area contributed by atoms with Crippen LogP contribution in [-0.4, -0.2) is 31.1 Å². The first-order valence-electron chi connectivity index (χ1n) is 8.76. The second kappa shape index (κ2) is 6.31. The van der Waals surface area contributed by atoms with E-state index in [0.29, 0.717) is 5.65 Å². The lowest BCUT2D eigenvalue weighted by Gasteiger charge is -2.22. The molecule has 0 unspecified atom stereocenters. The number of carbonyl (C=O) groups is 1. The lowest BCUT2D eigenvalue weighted by atomic mass is 9.95. The normalized spacial score (nSPS) is 15.7. The molecule has 130 valence electrons. The Bertz CT molecular complexity index is 998. The molecule has 1 aliphatic carbocycles. The number of nitrogens with zero attached hydrogens (tertiary/aromatic N) is 4. The maximum absolute atomic E-state index is 12.5. The zero-order valence-corrected chi connectivity index (χ0v) is 14.2. The van der Waals surface area contributed by atoms with Crippen LogP contribution in [0.3, 0.4) is 0 Å². The molecule has 4 rings (SSSR count). The van der Waals surface area contributed by atoms with Crippen molar-refractivity contribution in [3.63, 3.8) is 0 Å². The fourth-order valence-corrected chi connectivity index (χ4v) is 3.59. The topological polar surface area (TPSA) is 81.3 Å². The number of hydrogen-bond donors (Lipinski definition) is 1. The largest absolute Gasteiger partial charge is 0.352 e. The van der Waals surface area contributed by atoms with Gasteiger partial charge in [0.25, 0.3) is 0 Å². The molecule has 2 heterocycles. The van der Waals surface area contributed by atoms with Crippen LogP contribution in [0.25, 0.3) is 16.6 Å². The summed E-state index contributed by atoms with van der Waals surface area (Å²) in [7, 11) is 0. The number of aryl methyl sites for hydroxylation is 1. The Labute approximate surface area is 144 Å². The number of hydrogen-bond acceptors (Lipinski definition) is 4. The highest BCUT2D eigenvalue weighted by Gasteiger charge is 2.18. The molecule has 3 aromatic rings. The molecular weight excluding hydrogens is 318 g/mol. The summed E-state index contributed by atoms with van der Waals surface area (Å²) in [5.74, 6) is -0.161. The molecule has 1 aliphatic rings. The van der Waals surface area contributed by atoms with Gasteiger partial charge in [0.1, 0.15) is 12.9 Å². The highest BCUT2D eigenvalue weighted by molar-refractivity contribution is 5.92. The second-order valence-electron chi connectivity index (χ2n) is 6.75. The Balaban J connectivity index is 1.65. The monoisotopic (exact) mass is 339 g/mol. The van der Waals surface area contributed by atoms with Crippen LogP contribution in [0, 0.1) is 6.92 Å². The van der Waals surface area contributed by atoms with Gasteiger partial charge in [-0.25, -0.2) is 18.9 Å². The van der Waals surface area contributed by atoms with Gasteiger partial charge in [0.15, 0.2) is 5.65 Å². The molecule has 25 heavy (non-hydrogen) atoms. The Morgan fingerprint density at radius 1 is 1.28 bits per heavy atom. The molecule has 0 radical (unpaired) electrons. The van der Waals surface area contributed by atoms with Crippen LogP contribution in [0.15, 0.2) is 29.3 Å². The average molecular weight is 339 g/mol. The van der Waals surface area contributed by atoms with Crippen molar-refractivity contribution in [2.75, 3.05) is 0 Å². The molecule has 1 amide bonds. The number of carbonyl (C=O) groups excluding carboxylic acids is 1. The van der Waals surface area contributed by atoms with Gasteiger partial charge >= 0.3 is 5.69 Å². The maximum Gasteiger partial charge on any atom is 0.352 e. The number of nitrogens with one attached hydrogen (secondary N) is 1. The van der Waals surface area contributed by atoms with Crippen LogP contribution in [0.2, 0.25) is 0 Å². The fourth-order valence-electron chi connectivity index (χ4n) is 3.59. The van der Waals surface area contributed by atoms with Crippen molar-refractivity contribution in [1.82, 2.24) is 24.5 Å². The molecule has 0 atom stereocenters. The lowest BCUT2D eigenvalue weighted by molar-refractivity contribution is -0.122. The van der Waals surface area contributed by atoms with E-state index in [-0.39, 0.29) is 24.2 Å². The number of fused-ring (bicyclic) bond motifs is 3. The molecule has 1 aromatic carbocycles. The van der Waals surface area contributed by atoms with E-state index in [2.05, 4.69) is 15.4 Å². The minimum Gasteiger partial charge on any atom is -0.352 e. The summed E-state index contributed by atoms with van der Waals surface area (Å²) in [4.78, 5) is 29.2. The van der Waals surface area contributed by atoms with Crippen molar-refractivity contribution < 1.29 is 4.79 Å². The Kier molecular flexibility index (Phi) is 3.99. The molecule has 0 spiro atoms. The summed E-state index contributed by atoms with van der Waals surface area (Å²) < 4.78 is 2.62. The summed E-state index contributed by atoms with van der Waals surface area (Å²) in [5.41, 5.74) is 2.03. The zero-order chi connectivity index (χ0) is 17.4. The maximum atomic E-state index is 12.5. The van der Waals surface area contributed by atoms with Gasteiger partial charge in [0.2, 0.25) is 5.91 Å². The summed E-state index contributed by atoms with van der Waals surface area (Å²) in [6.07, 6.45) is 7.04. The van der Waals surface area contributed by atoms with Crippen LogP contribution >= 0.6 is 0 Å². The average Bonchev–Trinajstić information content (AvgIpc) is 2.92. The van der Waals surface area contributed by atoms with Crippen molar-refractivity contribution in [2.24, 2.45) is 0 Å². The molecule has 0 saturated heterocycles. The third kappa shape index (κ3) is 2.90. The van der Waals surface area contributed by atoms with Gasteiger partial charge < -0.3 is 5.32 Å². The molecule has 7 nitrogen and oxygen atoms in total. The van der Waals surface area contributed by atoms with Crippen molar-refractivity contribution >= 4 is 22.5 Å². The second-order valence-corrected chi connectivity index (χ2v) is 6.75. The first kappa shape index (κ1) is 15.8. The van der Waals surface area contributed by atoms with E-state index in [1.165, 1.54) is 21.8 Å². The number of aromatic nitrogens is 4. The van der Waals surface area contributed by atoms with Gasteiger partial charge in [-0.2, -0.15) is 0 Å². The van der Waals surface area contributed by atoms with E-state index in [1.807, 2.05) is 25.1 Å². The van der Waals surface area contributed by atoms with E-state index in [1.54, 1.807) is 0 Å².